The Morgan fingerprint density at radius 1 is 1.39 bits per heavy atom. The number of nitrogens with zero attached hydrogens (tertiary/aromatic N) is 1. The van der Waals surface area contributed by atoms with Crippen LogP contribution in [-0.2, 0) is 4.74 Å². The van der Waals surface area contributed by atoms with Gasteiger partial charge in [-0.15, -0.1) is 0 Å². The molecule has 2 heterocycles. The number of carbonyl (C=O) groups is 1. The topological polar surface area (TPSA) is 84.6 Å². The van der Waals surface area contributed by atoms with Gasteiger partial charge in [0.1, 0.15) is 11.4 Å². The van der Waals surface area contributed by atoms with Gasteiger partial charge in [-0.1, -0.05) is 6.07 Å². The molecule has 0 aliphatic heterocycles. The molecular weight excluding hydrogens is 296 g/mol. The number of nitrogens with one attached hydrogen (secondary N) is 1. The molecule has 0 amide bonds. The molecule has 0 saturated carbocycles. The van der Waals surface area contributed by atoms with E-state index in [2.05, 4.69) is 10.3 Å². The van der Waals surface area contributed by atoms with Crippen LogP contribution >= 0.6 is 0 Å². The minimum absolute atomic E-state index is 0.0508. The van der Waals surface area contributed by atoms with Crippen LogP contribution in [-0.4, -0.2) is 22.7 Å². The van der Waals surface area contributed by atoms with Crippen LogP contribution in [0.5, 0.6) is 5.75 Å². The van der Waals surface area contributed by atoms with Gasteiger partial charge in [-0.05, 0) is 37.6 Å². The molecule has 118 valence electrons. The zero-order valence-corrected chi connectivity index (χ0v) is 12.8. The van der Waals surface area contributed by atoms with E-state index in [1.54, 1.807) is 31.3 Å². The Bertz CT molecular complexity index is 870. The lowest BCUT2D eigenvalue weighted by Gasteiger charge is -2.09. The fraction of sp³-hybridized carbons (Fsp3) is 0.176. The van der Waals surface area contributed by atoms with Crippen molar-refractivity contribution in [1.29, 1.82) is 0 Å². The van der Waals surface area contributed by atoms with Crippen molar-refractivity contribution in [3.8, 4) is 5.75 Å². The highest BCUT2D eigenvalue weighted by Gasteiger charge is 2.22. The normalized spacial score (nSPS) is 10.7. The van der Waals surface area contributed by atoms with Crippen molar-refractivity contribution in [3.05, 3.63) is 48.0 Å². The van der Waals surface area contributed by atoms with Crippen molar-refractivity contribution in [2.45, 2.75) is 13.8 Å². The van der Waals surface area contributed by atoms with E-state index in [4.69, 9.17) is 9.15 Å². The third-order valence-electron chi connectivity index (χ3n) is 3.37. The number of carbonyl (C=O) groups excluding carboxylic acids is 1. The lowest BCUT2D eigenvalue weighted by molar-refractivity contribution is 0.0494. The highest BCUT2D eigenvalue weighted by Crippen LogP contribution is 2.36. The lowest BCUT2D eigenvalue weighted by Crippen LogP contribution is -2.06. The van der Waals surface area contributed by atoms with Crippen LogP contribution in [0.3, 0.4) is 0 Å². The van der Waals surface area contributed by atoms with Crippen molar-refractivity contribution >= 4 is 28.3 Å². The van der Waals surface area contributed by atoms with E-state index in [0.717, 1.165) is 5.56 Å². The van der Waals surface area contributed by atoms with Gasteiger partial charge in [0.15, 0.2) is 5.58 Å². The number of aromatic nitrogens is 1. The number of hydrogen-bond acceptors (Lipinski definition) is 6. The van der Waals surface area contributed by atoms with Crippen LogP contribution in [0.2, 0.25) is 0 Å². The highest BCUT2D eigenvalue weighted by molar-refractivity contribution is 6.05. The van der Waals surface area contributed by atoms with Gasteiger partial charge in [0.25, 0.3) is 0 Å². The Kier molecular flexibility index (Phi) is 3.89. The average molecular weight is 312 g/mol. The summed E-state index contributed by atoms with van der Waals surface area (Å²) in [7, 11) is 0. The zero-order valence-electron chi connectivity index (χ0n) is 12.8. The van der Waals surface area contributed by atoms with E-state index in [1.807, 2.05) is 13.0 Å². The van der Waals surface area contributed by atoms with Crippen LogP contribution in [0.1, 0.15) is 23.0 Å². The fourth-order valence-electron chi connectivity index (χ4n) is 2.30. The van der Waals surface area contributed by atoms with Crippen molar-refractivity contribution in [1.82, 2.24) is 4.98 Å². The quantitative estimate of drug-likeness (QED) is 0.563. The summed E-state index contributed by atoms with van der Waals surface area (Å²) >= 11 is 0. The number of aryl methyl sites for hydroxylation is 1. The molecule has 0 atom stereocenters. The van der Waals surface area contributed by atoms with E-state index in [9.17, 15) is 9.90 Å². The number of phenolic OH excluding ortho intramolecular Hbond substituents is 1. The molecule has 6 nitrogen and oxygen atoms in total. The summed E-state index contributed by atoms with van der Waals surface area (Å²) in [6.07, 6.45) is 3.13. The molecule has 1 aromatic carbocycles. The van der Waals surface area contributed by atoms with Gasteiger partial charge in [-0.25, -0.2) is 4.79 Å². The number of anilines is 2. The Labute approximate surface area is 132 Å². The number of aromatic hydroxyl groups is 1. The van der Waals surface area contributed by atoms with Gasteiger partial charge in [0.05, 0.1) is 18.5 Å². The summed E-state index contributed by atoms with van der Waals surface area (Å²) in [5, 5.41) is 13.8. The summed E-state index contributed by atoms with van der Waals surface area (Å²) in [6.45, 7) is 3.84. The first-order chi connectivity index (χ1) is 11.1. The molecule has 0 unspecified atom stereocenters. The van der Waals surface area contributed by atoms with E-state index >= 15 is 0 Å². The molecule has 0 spiro atoms. The molecule has 23 heavy (non-hydrogen) atoms. The van der Waals surface area contributed by atoms with Gasteiger partial charge in [0, 0.05) is 11.6 Å². The van der Waals surface area contributed by atoms with Crippen molar-refractivity contribution in [2.75, 3.05) is 11.9 Å². The maximum Gasteiger partial charge on any atom is 0.376 e. The van der Waals surface area contributed by atoms with Gasteiger partial charge in [0.2, 0.25) is 5.76 Å². The van der Waals surface area contributed by atoms with Gasteiger partial charge in [-0.3, -0.25) is 4.98 Å². The first kappa shape index (κ1) is 14.9. The minimum Gasteiger partial charge on any atom is -0.506 e. The number of phenols is 1. The number of hydrogen-bond donors (Lipinski definition) is 2. The van der Waals surface area contributed by atoms with E-state index in [0.29, 0.717) is 22.3 Å². The Morgan fingerprint density at radius 3 is 2.96 bits per heavy atom. The molecular formula is C17H16N2O4. The number of esters is 1. The van der Waals surface area contributed by atoms with Crippen LogP contribution < -0.4 is 5.32 Å². The van der Waals surface area contributed by atoms with Crippen molar-refractivity contribution < 1.29 is 19.1 Å². The zero-order chi connectivity index (χ0) is 16.4. The van der Waals surface area contributed by atoms with E-state index in [1.165, 1.54) is 6.20 Å². The molecule has 0 fully saturated rings. The molecule has 2 N–H and O–H groups in total. The summed E-state index contributed by atoms with van der Waals surface area (Å²) in [5.74, 6) is -0.434. The van der Waals surface area contributed by atoms with Crippen LogP contribution in [0.4, 0.5) is 11.4 Å². The Hall–Kier alpha value is -3.02. The predicted molar refractivity (Wildman–Crippen MR) is 86.1 cm³/mol. The maximum atomic E-state index is 12.1. The second-order valence-electron chi connectivity index (χ2n) is 5.04. The molecule has 6 heteroatoms. The molecule has 3 rings (SSSR count). The van der Waals surface area contributed by atoms with E-state index in [-0.39, 0.29) is 18.1 Å². The number of benzene rings is 1. The molecule has 0 bridgehead atoms. The molecule has 0 aliphatic rings. The third-order valence-corrected chi connectivity index (χ3v) is 3.37. The minimum atomic E-state index is -0.571. The lowest BCUT2D eigenvalue weighted by atomic mass is 10.2. The SMILES string of the molecule is CCOC(=O)c1oc2cnccc2c1Nc1ccc(C)cc1O. The molecule has 2 aromatic heterocycles. The maximum absolute atomic E-state index is 12.1. The summed E-state index contributed by atoms with van der Waals surface area (Å²) < 4.78 is 10.6. The molecule has 0 radical (unpaired) electrons. The standard InChI is InChI=1S/C17H16N2O4/c1-3-22-17(21)16-15(11-6-7-18-9-14(11)23-16)19-12-5-4-10(2)8-13(12)20/h4-9,19-20H,3H2,1-2H3. The Balaban J connectivity index is 2.10. The Morgan fingerprint density at radius 2 is 2.22 bits per heavy atom. The van der Waals surface area contributed by atoms with Gasteiger partial charge < -0.3 is 19.6 Å². The number of rotatable bonds is 4. The van der Waals surface area contributed by atoms with Crippen LogP contribution in [0, 0.1) is 6.92 Å². The predicted octanol–water partition coefficient (Wildman–Crippen LogP) is 3.76. The summed E-state index contributed by atoms with van der Waals surface area (Å²) in [6, 6.07) is 6.96. The van der Waals surface area contributed by atoms with Gasteiger partial charge >= 0.3 is 5.97 Å². The van der Waals surface area contributed by atoms with Gasteiger partial charge in [-0.2, -0.15) is 0 Å². The smallest absolute Gasteiger partial charge is 0.376 e. The monoisotopic (exact) mass is 312 g/mol. The first-order valence-electron chi connectivity index (χ1n) is 7.20. The fourth-order valence-corrected chi connectivity index (χ4v) is 2.30. The molecule has 0 aliphatic carbocycles. The largest absolute Gasteiger partial charge is 0.506 e. The van der Waals surface area contributed by atoms with Crippen LogP contribution in [0.15, 0.2) is 41.1 Å². The summed E-state index contributed by atoms with van der Waals surface area (Å²) in [4.78, 5) is 16.1. The number of ether oxygens (including phenoxy) is 1. The van der Waals surface area contributed by atoms with Crippen molar-refractivity contribution in [2.24, 2.45) is 0 Å². The molecule has 0 saturated heterocycles. The second-order valence-corrected chi connectivity index (χ2v) is 5.04. The number of pyridine rings is 1. The first-order valence-corrected chi connectivity index (χ1v) is 7.20. The number of furan rings is 1. The highest BCUT2D eigenvalue weighted by atomic mass is 16.5. The average Bonchev–Trinajstić information content (AvgIpc) is 2.89. The summed E-state index contributed by atoms with van der Waals surface area (Å²) in [5.41, 5.74) is 2.31. The van der Waals surface area contributed by atoms with E-state index < -0.39 is 5.97 Å². The third kappa shape index (κ3) is 2.83. The molecule has 3 aromatic rings. The van der Waals surface area contributed by atoms with Crippen molar-refractivity contribution in [3.63, 3.8) is 0 Å². The number of fused-ring (bicyclic) bond motifs is 1. The second kappa shape index (κ2) is 6.00. The van der Waals surface area contributed by atoms with Crippen LogP contribution in [0.25, 0.3) is 11.0 Å².